The van der Waals surface area contributed by atoms with Crippen molar-refractivity contribution in [1.29, 1.82) is 0 Å². The Kier molecular flexibility index (Phi) is 6.82. The molecule has 1 amide bonds. The SMILES string of the molecule is O=C(NCC(C1CCOC1)N1CCOCC1)c1ccc(S(=O)(=O)C(F)(F)F)cc1. The van der Waals surface area contributed by atoms with Gasteiger partial charge in [-0.1, -0.05) is 0 Å². The number of hydrogen-bond donors (Lipinski definition) is 1. The second-order valence-electron chi connectivity index (χ2n) is 7.02. The summed E-state index contributed by atoms with van der Waals surface area (Å²) in [5.74, 6) is -0.203. The number of benzene rings is 1. The lowest BCUT2D eigenvalue weighted by atomic mass is 9.96. The predicted octanol–water partition coefficient (Wildman–Crippen LogP) is 1.45. The summed E-state index contributed by atoms with van der Waals surface area (Å²) >= 11 is 0. The highest BCUT2D eigenvalue weighted by atomic mass is 32.2. The Bertz CT molecular complexity index is 802. The van der Waals surface area contributed by atoms with Gasteiger partial charge in [0.05, 0.1) is 24.7 Å². The van der Waals surface area contributed by atoms with Gasteiger partial charge in [-0.15, -0.1) is 0 Å². The first-order valence-electron chi connectivity index (χ1n) is 9.29. The largest absolute Gasteiger partial charge is 0.501 e. The first-order chi connectivity index (χ1) is 13.7. The van der Waals surface area contributed by atoms with Crippen LogP contribution in [0.2, 0.25) is 0 Å². The standard InChI is InChI=1S/C18H23F3N2O5S/c19-18(20,21)29(25,26)15-3-1-13(2-4-15)17(24)22-11-16(14-5-8-28-12-14)23-6-9-27-10-7-23/h1-4,14,16H,5-12H2,(H,22,24). The van der Waals surface area contributed by atoms with Gasteiger partial charge in [0.25, 0.3) is 15.7 Å². The van der Waals surface area contributed by atoms with Crippen LogP contribution >= 0.6 is 0 Å². The molecule has 162 valence electrons. The third kappa shape index (κ3) is 5.08. The number of alkyl halides is 3. The fourth-order valence-electron chi connectivity index (χ4n) is 3.58. The van der Waals surface area contributed by atoms with E-state index in [0.29, 0.717) is 33.0 Å². The molecule has 0 saturated carbocycles. The number of morpholine rings is 1. The van der Waals surface area contributed by atoms with Crippen LogP contribution in [-0.4, -0.2) is 76.8 Å². The smallest absolute Gasteiger partial charge is 0.381 e. The number of carbonyl (C=O) groups excluding carboxylic acids is 1. The highest BCUT2D eigenvalue weighted by molar-refractivity contribution is 7.92. The monoisotopic (exact) mass is 436 g/mol. The highest BCUT2D eigenvalue weighted by Gasteiger charge is 2.46. The number of nitrogens with one attached hydrogen (secondary N) is 1. The molecule has 2 aliphatic heterocycles. The van der Waals surface area contributed by atoms with E-state index in [4.69, 9.17) is 9.47 Å². The summed E-state index contributed by atoms with van der Waals surface area (Å²) in [5.41, 5.74) is -5.29. The van der Waals surface area contributed by atoms with E-state index in [9.17, 15) is 26.4 Å². The van der Waals surface area contributed by atoms with Crippen LogP contribution in [0, 0.1) is 5.92 Å². The number of hydrogen-bond acceptors (Lipinski definition) is 6. The van der Waals surface area contributed by atoms with Gasteiger partial charge in [-0.05, 0) is 30.7 Å². The van der Waals surface area contributed by atoms with E-state index in [1.54, 1.807) is 0 Å². The summed E-state index contributed by atoms with van der Waals surface area (Å²) in [5, 5.41) is 2.81. The maximum atomic E-state index is 12.6. The quantitative estimate of drug-likeness (QED) is 0.727. The van der Waals surface area contributed by atoms with Gasteiger partial charge < -0.3 is 14.8 Å². The molecule has 11 heteroatoms. The average molecular weight is 436 g/mol. The first-order valence-corrected chi connectivity index (χ1v) is 10.8. The molecule has 1 N–H and O–H groups in total. The van der Waals surface area contributed by atoms with Gasteiger partial charge in [0.2, 0.25) is 0 Å². The minimum Gasteiger partial charge on any atom is -0.381 e. The molecular formula is C18H23F3N2O5S. The Labute approximate surface area is 167 Å². The zero-order valence-corrected chi connectivity index (χ0v) is 16.5. The molecular weight excluding hydrogens is 413 g/mol. The van der Waals surface area contributed by atoms with Crippen molar-refractivity contribution in [3.05, 3.63) is 29.8 Å². The van der Waals surface area contributed by atoms with Crippen molar-refractivity contribution >= 4 is 15.7 Å². The Balaban J connectivity index is 1.65. The maximum Gasteiger partial charge on any atom is 0.501 e. The van der Waals surface area contributed by atoms with Crippen LogP contribution < -0.4 is 5.32 Å². The van der Waals surface area contributed by atoms with Crippen molar-refractivity contribution in [1.82, 2.24) is 10.2 Å². The summed E-state index contributed by atoms with van der Waals surface area (Å²) in [4.78, 5) is 13.8. The lowest BCUT2D eigenvalue weighted by Crippen LogP contribution is -2.52. The molecule has 0 aromatic heterocycles. The molecule has 29 heavy (non-hydrogen) atoms. The molecule has 2 atom stereocenters. The van der Waals surface area contributed by atoms with Crippen LogP contribution in [0.3, 0.4) is 0 Å². The van der Waals surface area contributed by atoms with Crippen LogP contribution in [0.1, 0.15) is 16.8 Å². The van der Waals surface area contributed by atoms with Gasteiger partial charge in [-0.3, -0.25) is 9.69 Å². The fourth-order valence-corrected chi connectivity index (χ4v) is 4.34. The zero-order chi connectivity index (χ0) is 21.1. The van der Waals surface area contributed by atoms with E-state index >= 15 is 0 Å². The minimum atomic E-state index is -5.43. The number of amides is 1. The van der Waals surface area contributed by atoms with Gasteiger partial charge in [0.1, 0.15) is 0 Å². The van der Waals surface area contributed by atoms with E-state index in [1.807, 2.05) is 0 Å². The molecule has 2 aliphatic rings. The summed E-state index contributed by atoms with van der Waals surface area (Å²) in [6.07, 6.45) is 0.891. The highest BCUT2D eigenvalue weighted by Crippen LogP contribution is 2.30. The van der Waals surface area contributed by atoms with Crippen molar-refractivity contribution in [2.24, 2.45) is 5.92 Å². The molecule has 3 rings (SSSR count). The van der Waals surface area contributed by atoms with E-state index < -0.39 is 26.1 Å². The molecule has 0 spiro atoms. The third-order valence-corrected chi connectivity index (χ3v) is 6.73. The number of nitrogens with zero attached hydrogens (tertiary/aromatic N) is 1. The zero-order valence-electron chi connectivity index (χ0n) is 15.7. The molecule has 0 aliphatic carbocycles. The lowest BCUT2D eigenvalue weighted by Gasteiger charge is -2.37. The van der Waals surface area contributed by atoms with Gasteiger partial charge in [0.15, 0.2) is 0 Å². The summed E-state index contributed by atoms with van der Waals surface area (Å²) in [6.45, 7) is 4.38. The van der Waals surface area contributed by atoms with Gasteiger partial charge in [0, 0.05) is 43.8 Å². The van der Waals surface area contributed by atoms with Gasteiger partial charge in [-0.2, -0.15) is 13.2 Å². The Morgan fingerprint density at radius 2 is 1.79 bits per heavy atom. The van der Waals surface area contributed by atoms with E-state index in [0.717, 1.165) is 43.8 Å². The normalized spacial score (nSPS) is 22.4. The minimum absolute atomic E-state index is 0.0650. The number of ether oxygens (including phenoxy) is 2. The second-order valence-corrected chi connectivity index (χ2v) is 8.96. The van der Waals surface area contributed by atoms with Gasteiger partial charge >= 0.3 is 5.51 Å². The Morgan fingerprint density at radius 1 is 1.14 bits per heavy atom. The molecule has 7 nitrogen and oxygen atoms in total. The third-order valence-electron chi connectivity index (χ3n) is 5.23. The first kappa shape index (κ1) is 22.0. The van der Waals surface area contributed by atoms with E-state index in [2.05, 4.69) is 10.2 Å². The molecule has 2 saturated heterocycles. The average Bonchev–Trinajstić information content (AvgIpc) is 3.22. The van der Waals surface area contributed by atoms with E-state index in [-0.39, 0.29) is 17.5 Å². The van der Waals surface area contributed by atoms with Crippen molar-refractivity contribution in [2.45, 2.75) is 22.9 Å². The molecule has 2 heterocycles. The lowest BCUT2D eigenvalue weighted by molar-refractivity contribution is -0.0436. The predicted molar refractivity (Wildman–Crippen MR) is 97.1 cm³/mol. The summed E-state index contributed by atoms with van der Waals surface area (Å²) < 4.78 is 71.6. The number of sulfone groups is 1. The summed E-state index contributed by atoms with van der Waals surface area (Å²) in [6, 6.07) is 3.81. The summed E-state index contributed by atoms with van der Waals surface area (Å²) in [7, 11) is -5.43. The topological polar surface area (TPSA) is 84.9 Å². The number of halogens is 3. The van der Waals surface area contributed by atoms with Crippen molar-refractivity contribution < 1.29 is 35.9 Å². The molecule has 0 radical (unpaired) electrons. The van der Waals surface area contributed by atoms with Crippen LogP contribution in [0.25, 0.3) is 0 Å². The molecule has 1 aromatic rings. The fraction of sp³-hybridized carbons (Fsp3) is 0.611. The molecule has 2 unspecified atom stereocenters. The number of rotatable bonds is 6. The van der Waals surface area contributed by atoms with Crippen LogP contribution in [0.5, 0.6) is 0 Å². The van der Waals surface area contributed by atoms with Crippen molar-refractivity contribution in [3.63, 3.8) is 0 Å². The van der Waals surface area contributed by atoms with Crippen LogP contribution in [0.4, 0.5) is 13.2 Å². The van der Waals surface area contributed by atoms with Crippen molar-refractivity contribution in [3.8, 4) is 0 Å². The van der Waals surface area contributed by atoms with Gasteiger partial charge in [-0.25, -0.2) is 8.42 Å². The Hall–Kier alpha value is -1.69. The van der Waals surface area contributed by atoms with Crippen LogP contribution in [0.15, 0.2) is 29.2 Å². The van der Waals surface area contributed by atoms with Crippen LogP contribution in [-0.2, 0) is 19.3 Å². The number of carbonyl (C=O) groups is 1. The molecule has 2 fully saturated rings. The molecule has 0 bridgehead atoms. The van der Waals surface area contributed by atoms with Crippen molar-refractivity contribution in [2.75, 3.05) is 46.1 Å². The molecule has 1 aromatic carbocycles. The Morgan fingerprint density at radius 3 is 2.34 bits per heavy atom. The van der Waals surface area contributed by atoms with E-state index in [1.165, 1.54) is 0 Å². The second kappa shape index (κ2) is 8.99. The maximum absolute atomic E-state index is 12.6.